The molecule has 0 radical (unpaired) electrons. The number of benzene rings is 2. The van der Waals surface area contributed by atoms with Gasteiger partial charge in [0.1, 0.15) is 0 Å². The van der Waals surface area contributed by atoms with Crippen LogP contribution in [-0.4, -0.2) is 0 Å². The molecule has 2 aromatic carbocycles. The van der Waals surface area contributed by atoms with Crippen LogP contribution in [0, 0.1) is 13.8 Å². The average molecular weight is 471 g/mol. The van der Waals surface area contributed by atoms with Gasteiger partial charge in [0.05, 0.1) is 0 Å². The molecule has 0 amide bonds. The second-order valence-corrected chi connectivity index (χ2v) is 12.0. The fourth-order valence-corrected chi connectivity index (χ4v) is 8.05. The number of hydrogen-bond donors (Lipinski definition) is 0. The monoisotopic (exact) mass is 470 g/mol. The molecule has 0 aliphatic carbocycles. The quantitative estimate of drug-likeness (QED) is 0.240. The predicted molar refractivity (Wildman–Crippen MR) is 144 cm³/mol. The summed E-state index contributed by atoms with van der Waals surface area (Å²) in [5, 5.41) is 0. The predicted octanol–water partition coefficient (Wildman–Crippen LogP) is 9.81. The second kappa shape index (κ2) is 8.47. The van der Waals surface area contributed by atoms with E-state index in [1.165, 1.54) is 51.5 Å². The minimum atomic E-state index is -0.0158. The van der Waals surface area contributed by atoms with E-state index in [2.05, 4.69) is 113 Å². The number of thiophene rings is 3. The minimum absolute atomic E-state index is 0.0158. The first-order chi connectivity index (χ1) is 15.4. The second-order valence-electron chi connectivity index (χ2n) is 8.77. The van der Waals surface area contributed by atoms with E-state index < -0.39 is 0 Å². The smallest absolute Gasteiger partial charge is 0.0478 e. The molecular formula is C29H26S3. The third kappa shape index (κ3) is 3.90. The summed E-state index contributed by atoms with van der Waals surface area (Å²) in [6, 6.07) is 30.8. The molecule has 0 unspecified atom stereocenters. The van der Waals surface area contributed by atoms with E-state index in [9.17, 15) is 0 Å². The summed E-state index contributed by atoms with van der Waals surface area (Å²) >= 11 is 5.78. The summed E-state index contributed by atoms with van der Waals surface area (Å²) in [6.45, 7) is 9.22. The first-order valence-corrected chi connectivity index (χ1v) is 13.3. The Morgan fingerprint density at radius 2 is 1.12 bits per heavy atom. The van der Waals surface area contributed by atoms with Gasteiger partial charge in [-0.25, -0.2) is 0 Å². The minimum Gasteiger partial charge on any atom is -0.139 e. The zero-order valence-electron chi connectivity index (χ0n) is 18.8. The number of aryl methyl sites for hydroxylation is 2. The maximum Gasteiger partial charge on any atom is 0.0478 e. The zero-order chi connectivity index (χ0) is 22.3. The molecule has 3 aromatic heterocycles. The van der Waals surface area contributed by atoms with Crippen LogP contribution in [0.4, 0.5) is 0 Å². The van der Waals surface area contributed by atoms with Crippen LogP contribution >= 0.6 is 34.0 Å². The summed E-state index contributed by atoms with van der Waals surface area (Å²) in [7, 11) is 0. The third-order valence-electron chi connectivity index (χ3n) is 5.97. The van der Waals surface area contributed by atoms with Gasteiger partial charge in [0.15, 0.2) is 0 Å². The Morgan fingerprint density at radius 1 is 0.562 bits per heavy atom. The van der Waals surface area contributed by atoms with Crippen LogP contribution < -0.4 is 0 Å². The van der Waals surface area contributed by atoms with Crippen molar-refractivity contribution in [3.8, 4) is 30.6 Å². The molecule has 0 fully saturated rings. The first-order valence-electron chi connectivity index (χ1n) is 10.9. The van der Waals surface area contributed by atoms with Crippen LogP contribution in [-0.2, 0) is 5.41 Å². The maximum absolute atomic E-state index is 2.37. The molecule has 160 valence electrons. The van der Waals surface area contributed by atoms with Gasteiger partial charge in [-0.05, 0) is 60.4 Å². The first kappa shape index (κ1) is 21.4. The van der Waals surface area contributed by atoms with Crippen molar-refractivity contribution in [1.82, 2.24) is 0 Å². The lowest BCUT2D eigenvalue weighted by atomic mass is 9.87. The molecular weight excluding hydrogens is 445 g/mol. The van der Waals surface area contributed by atoms with E-state index in [1.807, 2.05) is 34.0 Å². The zero-order valence-corrected chi connectivity index (χ0v) is 21.3. The van der Waals surface area contributed by atoms with Gasteiger partial charge in [-0.1, -0.05) is 74.5 Å². The molecule has 0 atom stereocenters. The summed E-state index contributed by atoms with van der Waals surface area (Å²) in [5.41, 5.74) is 5.33. The lowest BCUT2D eigenvalue weighted by Gasteiger charge is -2.23. The fraction of sp³-hybridized carbons (Fsp3) is 0.172. The van der Waals surface area contributed by atoms with Crippen LogP contribution in [0.2, 0.25) is 0 Å². The van der Waals surface area contributed by atoms with Crippen molar-refractivity contribution in [2.45, 2.75) is 33.1 Å². The third-order valence-corrected chi connectivity index (χ3v) is 10.5. The Labute approximate surface area is 202 Å². The van der Waals surface area contributed by atoms with Gasteiger partial charge >= 0.3 is 0 Å². The van der Waals surface area contributed by atoms with Crippen molar-refractivity contribution < 1.29 is 0 Å². The standard InChI is InChI=1S/C29H26S3/c1-19-17-24(21-11-7-5-8-12-21)31-27(19)23-15-16-26(30-23)29(3,4)28-20(2)18-25(32-28)22-13-9-6-10-14-22/h5-18H,1-4H3. The van der Waals surface area contributed by atoms with Crippen molar-refractivity contribution in [3.63, 3.8) is 0 Å². The van der Waals surface area contributed by atoms with Gasteiger partial charge in [-0.15, -0.1) is 34.0 Å². The van der Waals surface area contributed by atoms with Gasteiger partial charge in [0.2, 0.25) is 0 Å². The highest BCUT2D eigenvalue weighted by Gasteiger charge is 2.29. The fourth-order valence-electron chi connectivity index (χ4n) is 4.23. The van der Waals surface area contributed by atoms with Crippen LogP contribution in [0.15, 0.2) is 84.9 Å². The van der Waals surface area contributed by atoms with Crippen LogP contribution in [0.3, 0.4) is 0 Å². The molecule has 5 rings (SSSR count). The average Bonchev–Trinajstić information content (AvgIpc) is 3.53. The lowest BCUT2D eigenvalue weighted by molar-refractivity contribution is 0.667. The van der Waals surface area contributed by atoms with Gasteiger partial charge in [0.25, 0.3) is 0 Å². The molecule has 0 aliphatic rings. The highest BCUT2D eigenvalue weighted by Crippen LogP contribution is 2.47. The molecule has 0 nitrogen and oxygen atoms in total. The molecule has 0 N–H and O–H groups in total. The van der Waals surface area contributed by atoms with Crippen molar-refractivity contribution in [3.05, 3.63) is 106 Å². The summed E-state index contributed by atoms with van der Waals surface area (Å²) in [5.74, 6) is 0. The van der Waals surface area contributed by atoms with Gasteiger partial charge in [-0.3, -0.25) is 0 Å². The summed E-state index contributed by atoms with van der Waals surface area (Å²) in [6.07, 6.45) is 0. The molecule has 5 aromatic rings. The molecule has 0 aliphatic heterocycles. The van der Waals surface area contributed by atoms with Crippen LogP contribution in [0.5, 0.6) is 0 Å². The number of hydrogen-bond acceptors (Lipinski definition) is 3. The van der Waals surface area contributed by atoms with E-state index in [0.29, 0.717) is 0 Å². The molecule has 32 heavy (non-hydrogen) atoms. The highest BCUT2D eigenvalue weighted by atomic mass is 32.1. The number of rotatable bonds is 5. The van der Waals surface area contributed by atoms with Crippen molar-refractivity contribution in [2.24, 2.45) is 0 Å². The van der Waals surface area contributed by atoms with Crippen LogP contribution in [0.25, 0.3) is 30.6 Å². The van der Waals surface area contributed by atoms with Gasteiger partial charge < -0.3 is 0 Å². The van der Waals surface area contributed by atoms with Gasteiger partial charge in [-0.2, -0.15) is 0 Å². The normalized spacial score (nSPS) is 11.8. The molecule has 3 heteroatoms. The van der Waals surface area contributed by atoms with Gasteiger partial charge in [0, 0.05) is 34.7 Å². The Hall–Kier alpha value is -2.46. The Bertz CT molecular complexity index is 1350. The summed E-state index contributed by atoms with van der Waals surface area (Å²) < 4.78 is 0. The van der Waals surface area contributed by atoms with E-state index in [0.717, 1.165) is 0 Å². The van der Waals surface area contributed by atoms with E-state index in [-0.39, 0.29) is 5.41 Å². The maximum atomic E-state index is 2.37. The molecule has 0 bridgehead atoms. The largest absolute Gasteiger partial charge is 0.139 e. The molecule has 0 spiro atoms. The highest BCUT2D eigenvalue weighted by molar-refractivity contribution is 7.24. The lowest BCUT2D eigenvalue weighted by Crippen LogP contribution is -2.16. The van der Waals surface area contributed by atoms with Crippen molar-refractivity contribution in [1.29, 1.82) is 0 Å². The molecule has 3 heterocycles. The Balaban J connectivity index is 1.49. The van der Waals surface area contributed by atoms with Crippen molar-refractivity contribution >= 4 is 34.0 Å². The van der Waals surface area contributed by atoms with E-state index in [4.69, 9.17) is 0 Å². The van der Waals surface area contributed by atoms with E-state index >= 15 is 0 Å². The topological polar surface area (TPSA) is 0 Å². The van der Waals surface area contributed by atoms with Crippen LogP contribution in [0.1, 0.15) is 34.7 Å². The summed E-state index contributed by atoms with van der Waals surface area (Å²) in [4.78, 5) is 8.33. The SMILES string of the molecule is Cc1cc(-c2ccccc2)sc1-c1ccc(C(C)(C)c2sc(-c3ccccc3)cc2C)s1. The van der Waals surface area contributed by atoms with E-state index in [1.54, 1.807) is 0 Å². The Kier molecular flexibility index (Phi) is 5.66. The molecule has 0 saturated carbocycles. The van der Waals surface area contributed by atoms with Crippen molar-refractivity contribution in [2.75, 3.05) is 0 Å². The molecule has 0 saturated heterocycles. The Morgan fingerprint density at radius 3 is 1.75 bits per heavy atom.